The number of hydrogen-bond donors (Lipinski definition) is 1. The van der Waals surface area contributed by atoms with Crippen LogP contribution in [0.15, 0.2) is 81.5 Å². The topological polar surface area (TPSA) is 102 Å². The highest BCUT2D eigenvalue weighted by Gasteiger charge is 2.20. The lowest BCUT2D eigenvalue weighted by atomic mass is 10.2. The number of carbonyl (C=O) groups is 1. The smallest absolute Gasteiger partial charge is 0.287 e. The third-order valence-corrected chi connectivity index (χ3v) is 6.41. The van der Waals surface area contributed by atoms with Crippen molar-refractivity contribution in [3.05, 3.63) is 84.1 Å². The lowest BCUT2D eigenvalue weighted by molar-refractivity contribution is 0.0925. The number of amides is 1. The van der Waals surface area contributed by atoms with Gasteiger partial charge in [0.2, 0.25) is 9.84 Å². The molecule has 0 radical (unpaired) electrons. The number of aromatic nitrogens is 2. The van der Waals surface area contributed by atoms with E-state index in [2.05, 4.69) is 15.3 Å². The lowest BCUT2D eigenvalue weighted by Crippen LogP contribution is -2.22. The van der Waals surface area contributed by atoms with Crippen LogP contribution in [-0.4, -0.2) is 24.3 Å². The maximum atomic E-state index is 12.8. The van der Waals surface area contributed by atoms with Crippen molar-refractivity contribution in [3.8, 4) is 0 Å². The molecule has 1 N–H and O–H groups in total. The number of sulfone groups is 1. The average molecular weight is 407 g/mol. The highest BCUT2D eigenvalue weighted by atomic mass is 32.2. The largest absolute Gasteiger partial charge is 0.449 e. The van der Waals surface area contributed by atoms with Crippen molar-refractivity contribution in [2.45, 2.75) is 23.3 Å². The van der Waals surface area contributed by atoms with E-state index >= 15 is 0 Å². The zero-order valence-corrected chi connectivity index (χ0v) is 16.3. The number of hydrogen-bond acceptors (Lipinski definition) is 6. The van der Waals surface area contributed by atoms with E-state index in [0.29, 0.717) is 11.1 Å². The molecule has 7 nitrogen and oxygen atoms in total. The SMILES string of the molecule is Cc1ccncc1S(=O)(=O)c1ccc(CNC(=O)c2cc3ccncc3o2)cc1. The molecule has 0 aliphatic rings. The molecule has 0 fully saturated rings. The molecule has 4 aromatic rings. The zero-order chi connectivity index (χ0) is 20.4. The quantitative estimate of drug-likeness (QED) is 0.545. The Kier molecular flexibility index (Phi) is 4.85. The second-order valence-corrected chi connectivity index (χ2v) is 8.41. The Morgan fingerprint density at radius 1 is 1.03 bits per heavy atom. The summed E-state index contributed by atoms with van der Waals surface area (Å²) in [7, 11) is -3.65. The first-order valence-electron chi connectivity index (χ1n) is 8.81. The third kappa shape index (κ3) is 3.74. The maximum absolute atomic E-state index is 12.8. The van der Waals surface area contributed by atoms with Crippen molar-refractivity contribution in [3.63, 3.8) is 0 Å². The van der Waals surface area contributed by atoms with Gasteiger partial charge in [-0.1, -0.05) is 12.1 Å². The van der Waals surface area contributed by atoms with E-state index in [9.17, 15) is 13.2 Å². The third-order valence-electron chi connectivity index (χ3n) is 4.51. The molecule has 0 spiro atoms. The number of rotatable bonds is 5. The van der Waals surface area contributed by atoms with E-state index in [1.54, 1.807) is 55.8 Å². The van der Waals surface area contributed by atoms with E-state index < -0.39 is 9.84 Å². The van der Waals surface area contributed by atoms with Crippen LogP contribution < -0.4 is 5.32 Å². The van der Waals surface area contributed by atoms with E-state index in [1.807, 2.05) is 0 Å². The number of fused-ring (bicyclic) bond motifs is 1. The Hall–Kier alpha value is -3.52. The molecular formula is C21H17N3O4S. The van der Waals surface area contributed by atoms with Crippen LogP contribution in [0.4, 0.5) is 0 Å². The fraction of sp³-hybridized carbons (Fsp3) is 0.0952. The summed E-state index contributed by atoms with van der Waals surface area (Å²) in [6, 6.07) is 11.5. The second-order valence-electron chi connectivity index (χ2n) is 6.50. The van der Waals surface area contributed by atoms with Crippen molar-refractivity contribution >= 4 is 26.7 Å². The van der Waals surface area contributed by atoms with E-state index in [0.717, 1.165) is 10.9 Å². The molecule has 1 aromatic carbocycles. The van der Waals surface area contributed by atoms with Crippen LogP contribution in [0.25, 0.3) is 11.0 Å². The predicted molar refractivity (Wildman–Crippen MR) is 106 cm³/mol. The minimum absolute atomic E-state index is 0.175. The lowest BCUT2D eigenvalue weighted by Gasteiger charge is -2.08. The van der Waals surface area contributed by atoms with Gasteiger partial charge in [-0.05, 0) is 48.4 Å². The van der Waals surface area contributed by atoms with Gasteiger partial charge in [0.15, 0.2) is 11.3 Å². The molecule has 146 valence electrons. The summed E-state index contributed by atoms with van der Waals surface area (Å²) in [5.41, 5.74) is 1.94. The van der Waals surface area contributed by atoms with Crippen molar-refractivity contribution in [1.82, 2.24) is 15.3 Å². The van der Waals surface area contributed by atoms with Crippen LogP contribution in [0.1, 0.15) is 21.7 Å². The summed E-state index contributed by atoms with van der Waals surface area (Å²) in [4.78, 5) is 20.5. The Labute approximate surface area is 167 Å². The summed E-state index contributed by atoms with van der Waals surface area (Å²) in [6.07, 6.45) is 6.08. The molecule has 3 heterocycles. The summed E-state index contributed by atoms with van der Waals surface area (Å²) in [5.74, 6) is -0.164. The molecule has 0 atom stereocenters. The minimum atomic E-state index is -3.65. The molecule has 4 rings (SSSR count). The first-order valence-corrected chi connectivity index (χ1v) is 10.3. The molecule has 0 unspecified atom stereocenters. The standard InChI is InChI=1S/C21H17N3O4S/c1-14-6-8-23-13-20(14)29(26,27)17-4-2-15(3-5-17)11-24-21(25)18-10-16-7-9-22-12-19(16)28-18/h2-10,12-13H,11H2,1H3,(H,24,25). The number of furan rings is 1. The molecular weight excluding hydrogens is 390 g/mol. The van der Waals surface area contributed by atoms with Gasteiger partial charge in [-0.25, -0.2) is 8.42 Å². The molecule has 0 aliphatic carbocycles. The fourth-order valence-corrected chi connectivity index (χ4v) is 4.35. The van der Waals surface area contributed by atoms with Crippen molar-refractivity contribution in [1.29, 1.82) is 0 Å². The Morgan fingerprint density at radius 2 is 1.76 bits per heavy atom. The summed E-state index contributed by atoms with van der Waals surface area (Å²) < 4.78 is 31.0. The summed E-state index contributed by atoms with van der Waals surface area (Å²) >= 11 is 0. The van der Waals surface area contributed by atoms with Crippen LogP contribution >= 0.6 is 0 Å². The highest BCUT2D eigenvalue weighted by molar-refractivity contribution is 7.91. The normalized spacial score (nSPS) is 11.5. The summed E-state index contributed by atoms with van der Waals surface area (Å²) in [6.45, 7) is 1.97. The van der Waals surface area contributed by atoms with Gasteiger partial charge in [-0.3, -0.25) is 14.8 Å². The molecule has 1 amide bonds. The Morgan fingerprint density at radius 3 is 2.48 bits per heavy atom. The van der Waals surface area contributed by atoms with Crippen molar-refractivity contribution in [2.75, 3.05) is 0 Å². The summed E-state index contributed by atoms with van der Waals surface area (Å²) in [5, 5.41) is 3.56. The van der Waals surface area contributed by atoms with Gasteiger partial charge in [0.1, 0.15) is 0 Å². The van der Waals surface area contributed by atoms with Gasteiger partial charge < -0.3 is 9.73 Å². The zero-order valence-electron chi connectivity index (χ0n) is 15.5. The van der Waals surface area contributed by atoms with E-state index in [-0.39, 0.29) is 28.0 Å². The van der Waals surface area contributed by atoms with Crippen LogP contribution in [0, 0.1) is 6.92 Å². The van der Waals surface area contributed by atoms with E-state index in [4.69, 9.17) is 4.42 Å². The predicted octanol–water partition coefficient (Wildman–Crippen LogP) is 3.29. The van der Waals surface area contributed by atoms with E-state index in [1.165, 1.54) is 18.3 Å². The Balaban J connectivity index is 1.47. The van der Waals surface area contributed by atoms with Gasteiger partial charge in [-0.15, -0.1) is 0 Å². The monoisotopic (exact) mass is 407 g/mol. The Bertz CT molecular complexity index is 1260. The van der Waals surface area contributed by atoms with Gasteiger partial charge >= 0.3 is 0 Å². The molecule has 0 aliphatic heterocycles. The molecule has 29 heavy (non-hydrogen) atoms. The minimum Gasteiger partial charge on any atom is -0.449 e. The fourth-order valence-electron chi connectivity index (χ4n) is 2.91. The van der Waals surface area contributed by atoms with Crippen molar-refractivity contribution in [2.24, 2.45) is 0 Å². The van der Waals surface area contributed by atoms with Gasteiger partial charge in [0, 0.05) is 30.5 Å². The van der Waals surface area contributed by atoms with Gasteiger partial charge in [-0.2, -0.15) is 0 Å². The molecule has 0 saturated heterocycles. The molecule has 0 saturated carbocycles. The van der Waals surface area contributed by atoms with Crippen LogP contribution in [-0.2, 0) is 16.4 Å². The number of benzene rings is 1. The van der Waals surface area contributed by atoms with Gasteiger partial charge in [0.25, 0.3) is 5.91 Å². The number of nitrogens with zero attached hydrogens (tertiary/aromatic N) is 2. The first kappa shape index (κ1) is 18.8. The number of carbonyl (C=O) groups excluding carboxylic acids is 1. The number of aryl methyl sites for hydroxylation is 1. The van der Waals surface area contributed by atoms with Crippen molar-refractivity contribution < 1.29 is 17.6 Å². The maximum Gasteiger partial charge on any atom is 0.287 e. The second kappa shape index (κ2) is 7.48. The number of nitrogens with one attached hydrogen (secondary N) is 1. The molecule has 3 aromatic heterocycles. The first-order chi connectivity index (χ1) is 13.9. The van der Waals surface area contributed by atoms with Crippen LogP contribution in [0.2, 0.25) is 0 Å². The average Bonchev–Trinajstić information content (AvgIpc) is 3.17. The van der Waals surface area contributed by atoms with Crippen LogP contribution in [0.3, 0.4) is 0 Å². The highest BCUT2D eigenvalue weighted by Crippen LogP contribution is 2.23. The van der Waals surface area contributed by atoms with Crippen LogP contribution in [0.5, 0.6) is 0 Å². The van der Waals surface area contributed by atoms with Gasteiger partial charge in [0.05, 0.1) is 16.0 Å². The molecule has 0 bridgehead atoms. The number of pyridine rings is 2. The molecule has 8 heteroatoms.